The van der Waals surface area contributed by atoms with Crippen molar-refractivity contribution >= 4 is 5.91 Å². The molecule has 0 atom stereocenters. The van der Waals surface area contributed by atoms with Crippen LogP contribution in [0.1, 0.15) is 10.4 Å². The van der Waals surface area contributed by atoms with E-state index < -0.39 is 0 Å². The van der Waals surface area contributed by atoms with Gasteiger partial charge < -0.3 is 14.4 Å². The molecule has 1 aromatic carbocycles. The van der Waals surface area contributed by atoms with Gasteiger partial charge in [-0.3, -0.25) is 4.79 Å². The normalized spacial score (nSPS) is 16.4. The largest absolute Gasteiger partial charge is 0.336 e. The zero-order valence-electron chi connectivity index (χ0n) is 11.6. The molecular formula is C15H18N4O. The van der Waals surface area contributed by atoms with E-state index in [4.69, 9.17) is 0 Å². The van der Waals surface area contributed by atoms with Gasteiger partial charge in [0.15, 0.2) is 0 Å². The molecule has 5 nitrogen and oxygen atoms in total. The lowest BCUT2D eigenvalue weighted by Gasteiger charge is -2.32. The van der Waals surface area contributed by atoms with Gasteiger partial charge in [-0.25, -0.2) is 4.98 Å². The quantitative estimate of drug-likeness (QED) is 0.825. The highest BCUT2D eigenvalue weighted by Gasteiger charge is 2.20. The summed E-state index contributed by atoms with van der Waals surface area (Å²) in [7, 11) is 2.08. The van der Waals surface area contributed by atoms with Crippen molar-refractivity contribution < 1.29 is 4.79 Å². The van der Waals surface area contributed by atoms with Crippen LogP contribution < -0.4 is 0 Å². The van der Waals surface area contributed by atoms with Crippen molar-refractivity contribution in [3.8, 4) is 5.69 Å². The number of amides is 1. The number of likely N-dealkylation sites (N-methyl/N-ethyl adjacent to an activating group) is 1. The molecule has 2 heterocycles. The van der Waals surface area contributed by atoms with Crippen molar-refractivity contribution in [3.63, 3.8) is 0 Å². The van der Waals surface area contributed by atoms with E-state index in [0.29, 0.717) is 0 Å². The summed E-state index contributed by atoms with van der Waals surface area (Å²) >= 11 is 0. The zero-order chi connectivity index (χ0) is 13.9. The van der Waals surface area contributed by atoms with Gasteiger partial charge in [-0.15, -0.1) is 0 Å². The van der Waals surface area contributed by atoms with Crippen molar-refractivity contribution in [1.82, 2.24) is 19.4 Å². The smallest absolute Gasteiger partial charge is 0.254 e. The second-order valence-corrected chi connectivity index (χ2v) is 5.12. The van der Waals surface area contributed by atoms with Crippen LogP contribution in [0.3, 0.4) is 0 Å². The molecular weight excluding hydrogens is 252 g/mol. The average molecular weight is 270 g/mol. The SMILES string of the molecule is CN1CCN(C(=O)c2cccc(-n3ccnc3)c2)CC1. The second kappa shape index (κ2) is 5.46. The topological polar surface area (TPSA) is 41.4 Å². The summed E-state index contributed by atoms with van der Waals surface area (Å²) in [5, 5.41) is 0. The van der Waals surface area contributed by atoms with Crippen molar-refractivity contribution in [2.24, 2.45) is 0 Å². The molecule has 0 aliphatic carbocycles. The minimum atomic E-state index is 0.111. The molecule has 1 aromatic heterocycles. The summed E-state index contributed by atoms with van der Waals surface area (Å²) in [6, 6.07) is 7.69. The monoisotopic (exact) mass is 270 g/mol. The molecule has 1 aliphatic rings. The number of aromatic nitrogens is 2. The number of rotatable bonds is 2. The van der Waals surface area contributed by atoms with Crippen molar-refractivity contribution in [1.29, 1.82) is 0 Å². The first-order valence-corrected chi connectivity index (χ1v) is 6.80. The molecule has 5 heteroatoms. The van der Waals surface area contributed by atoms with Gasteiger partial charge in [0.25, 0.3) is 5.91 Å². The van der Waals surface area contributed by atoms with Crippen molar-refractivity contribution in [2.45, 2.75) is 0 Å². The molecule has 2 aromatic rings. The Morgan fingerprint density at radius 1 is 1.20 bits per heavy atom. The number of imidazole rings is 1. The van der Waals surface area contributed by atoms with Crippen LogP contribution >= 0.6 is 0 Å². The van der Waals surface area contributed by atoms with E-state index in [2.05, 4.69) is 16.9 Å². The lowest BCUT2D eigenvalue weighted by atomic mass is 10.1. The van der Waals surface area contributed by atoms with Gasteiger partial charge in [0.05, 0.1) is 6.33 Å². The molecule has 0 radical (unpaired) electrons. The first kappa shape index (κ1) is 12.9. The van der Waals surface area contributed by atoms with Crippen LogP contribution in [-0.2, 0) is 0 Å². The molecule has 104 valence electrons. The van der Waals surface area contributed by atoms with E-state index in [1.165, 1.54) is 0 Å². The fraction of sp³-hybridized carbons (Fsp3) is 0.333. The van der Waals surface area contributed by atoms with E-state index >= 15 is 0 Å². The minimum Gasteiger partial charge on any atom is -0.336 e. The van der Waals surface area contributed by atoms with Crippen LogP contribution in [0.15, 0.2) is 43.0 Å². The third-order valence-electron chi connectivity index (χ3n) is 3.69. The predicted molar refractivity (Wildman–Crippen MR) is 77.0 cm³/mol. The highest BCUT2D eigenvalue weighted by Crippen LogP contribution is 2.13. The van der Waals surface area contributed by atoms with Gasteiger partial charge in [-0.05, 0) is 25.2 Å². The number of carbonyl (C=O) groups is 1. The van der Waals surface area contributed by atoms with Crippen LogP contribution in [0, 0.1) is 0 Å². The van der Waals surface area contributed by atoms with Gasteiger partial charge >= 0.3 is 0 Å². The molecule has 0 saturated carbocycles. The summed E-state index contributed by atoms with van der Waals surface area (Å²) < 4.78 is 1.90. The van der Waals surface area contributed by atoms with Crippen LogP contribution in [0.4, 0.5) is 0 Å². The van der Waals surface area contributed by atoms with E-state index in [0.717, 1.165) is 37.4 Å². The lowest BCUT2D eigenvalue weighted by molar-refractivity contribution is 0.0664. The van der Waals surface area contributed by atoms with Crippen LogP contribution in [-0.4, -0.2) is 58.5 Å². The van der Waals surface area contributed by atoms with E-state index in [-0.39, 0.29) is 5.91 Å². The molecule has 1 amide bonds. The van der Waals surface area contributed by atoms with Crippen LogP contribution in [0.25, 0.3) is 5.69 Å². The summed E-state index contributed by atoms with van der Waals surface area (Å²) in [5.74, 6) is 0.111. The van der Waals surface area contributed by atoms with Gasteiger partial charge in [0, 0.05) is 49.8 Å². The zero-order valence-corrected chi connectivity index (χ0v) is 11.6. The van der Waals surface area contributed by atoms with E-state index in [9.17, 15) is 4.79 Å². The number of hydrogen-bond donors (Lipinski definition) is 0. The molecule has 0 bridgehead atoms. The minimum absolute atomic E-state index is 0.111. The molecule has 3 rings (SSSR count). The van der Waals surface area contributed by atoms with E-state index in [1.807, 2.05) is 39.9 Å². The maximum atomic E-state index is 12.5. The summed E-state index contributed by atoms with van der Waals surface area (Å²) in [4.78, 5) is 20.7. The lowest BCUT2D eigenvalue weighted by Crippen LogP contribution is -2.47. The third kappa shape index (κ3) is 2.58. The number of hydrogen-bond acceptors (Lipinski definition) is 3. The molecule has 1 aliphatic heterocycles. The van der Waals surface area contributed by atoms with Crippen molar-refractivity contribution in [3.05, 3.63) is 48.5 Å². The molecule has 0 N–H and O–H groups in total. The standard InChI is InChI=1S/C15H18N4O/c1-17-7-9-18(10-8-17)15(20)13-3-2-4-14(11-13)19-6-5-16-12-19/h2-6,11-12H,7-10H2,1H3. The third-order valence-corrected chi connectivity index (χ3v) is 3.69. The fourth-order valence-corrected chi connectivity index (χ4v) is 2.40. The average Bonchev–Trinajstić information content (AvgIpc) is 3.02. The summed E-state index contributed by atoms with van der Waals surface area (Å²) in [6.45, 7) is 3.47. The fourth-order valence-electron chi connectivity index (χ4n) is 2.40. The molecule has 1 saturated heterocycles. The highest BCUT2D eigenvalue weighted by atomic mass is 16.2. The Bertz CT molecular complexity index is 586. The Morgan fingerprint density at radius 2 is 2.00 bits per heavy atom. The van der Waals surface area contributed by atoms with Crippen LogP contribution in [0.2, 0.25) is 0 Å². The maximum Gasteiger partial charge on any atom is 0.254 e. The van der Waals surface area contributed by atoms with Gasteiger partial charge in [0.1, 0.15) is 0 Å². The van der Waals surface area contributed by atoms with E-state index in [1.54, 1.807) is 12.5 Å². The summed E-state index contributed by atoms with van der Waals surface area (Å²) in [5.41, 5.74) is 1.70. The highest BCUT2D eigenvalue weighted by molar-refractivity contribution is 5.94. The number of carbonyl (C=O) groups excluding carboxylic acids is 1. The first-order chi connectivity index (χ1) is 9.74. The maximum absolute atomic E-state index is 12.5. The first-order valence-electron chi connectivity index (χ1n) is 6.80. The predicted octanol–water partition coefficient (Wildman–Crippen LogP) is 1.26. The molecule has 1 fully saturated rings. The number of nitrogens with zero attached hydrogens (tertiary/aromatic N) is 4. The second-order valence-electron chi connectivity index (χ2n) is 5.12. The Labute approximate surface area is 118 Å². The van der Waals surface area contributed by atoms with Gasteiger partial charge in [0.2, 0.25) is 0 Å². The van der Waals surface area contributed by atoms with Crippen molar-refractivity contribution in [2.75, 3.05) is 33.2 Å². The Morgan fingerprint density at radius 3 is 2.70 bits per heavy atom. The summed E-state index contributed by atoms with van der Waals surface area (Å²) in [6.07, 6.45) is 5.34. The molecule has 20 heavy (non-hydrogen) atoms. The Kier molecular flexibility index (Phi) is 3.52. The number of piperazine rings is 1. The number of benzene rings is 1. The van der Waals surface area contributed by atoms with Gasteiger partial charge in [-0.1, -0.05) is 6.07 Å². The molecule has 0 unspecified atom stereocenters. The van der Waals surface area contributed by atoms with Gasteiger partial charge in [-0.2, -0.15) is 0 Å². The Hall–Kier alpha value is -2.14. The Balaban J connectivity index is 1.80. The molecule has 0 spiro atoms. The van der Waals surface area contributed by atoms with Crippen LogP contribution in [0.5, 0.6) is 0 Å².